The number of carboxylic acid groups (broad SMARTS) is 1. The maximum atomic E-state index is 11.5. The topological polar surface area (TPSA) is 73.2 Å². The van der Waals surface area contributed by atoms with Crippen molar-refractivity contribution in [2.45, 2.75) is 51.4 Å². The molecule has 1 heterocycles. The molecule has 2 unspecified atom stereocenters. The molecule has 3 atom stereocenters. The smallest absolute Gasteiger partial charge is 0.550 e. The van der Waals surface area contributed by atoms with Gasteiger partial charge in [0.1, 0.15) is 0 Å². The van der Waals surface area contributed by atoms with Crippen molar-refractivity contribution in [1.29, 1.82) is 0 Å². The molecule has 4 nitrogen and oxygen atoms in total. The maximum Gasteiger partial charge on any atom is 1.00 e. The quantitative estimate of drug-likeness (QED) is 0.235. The number of hydrogen-bond acceptors (Lipinski definition) is 5. The van der Waals surface area contributed by atoms with Gasteiger partial charge < -0.3 is 15.0 Å². The molecule has 0 aliphatic carbocycles. The summed E-state index contributed by atoms with van der Waals surface area (Å²) in [5.74, 6) is -0.841. The number of benzene rings is 3. The Balaban J connectivity index is 0.00000484. The predicted molar refractivity (Wildman–Crippen MR) is 171 cm³/mol. The van der Waals surface area contributed by atoms with Crippen LogP contribution in [-0.4, -0.2) is 21.8 Å². The van der Waals surface area contributed by atoms with E-state index in [1.165, 1.54) is 5.56 Å². The van der Waals surface area contributed by atoms with Crippen LogP contribution in [-0.2, 0) is 16.8 Å². The zero-order valence-corrected chi connectivity index (χ0v) is 28.6. The molecule has 7 heteroatoms. The van der Waals surface area contributed by atoms with E-state index in [-0.39, 0.29) is 40.7 Å². The number of aromatic nitrogens is 1. The minimum atomic E-state index is -1.01. The number of carboxylic acids is 1. The number of aryl methyl sites for hydroxylation is 1. The van der Waals surface area contributed by atoms with Crippen LogP contribution in [0.5, 0.6) is 0 Å². The zero-order chi connectivity index (χ0) is 29.6. The molecular weight excluding hydrogens is 573 g/mol. The maximum absolute atomic E-state index is 11.5. The number of fused-ring (bicyclic) bond motifs is 1. The van der Waals surface area contributed by atoms with E-state index in [0.29, 0.717) is 10.8 Å². The van der Waals surface area contributed by atoms with Crippen molar-refractivity contribution < 1.29 is 44.6 Å². The largest absolute Gasteiger partial charge is 1.00 e. The Hall–Kier alpha value is -2.12. The zero-order valence-electron chi connectivity index (χ0n) is 25.0. The van der Waals surface area contributed by atoms with Gasteiger partial charge in [-0.25, -0.2) is 4.98 Å². The molecule has 3 aromatic carbocycles. The van der Waals surface area contributed by atoms with Gasteiger partial charge in [-0.3, -0.25) is 0 Å². The van der Waals surface area contributed by atoms with Crippen LogP contribution in [0.25, 0.3) is 23.1 Å². The summed E-state index contributed by atoms with van der Waals surface area (Å²) < 4.78 is 0. The van der Waals surface area contributed by atoms with Crippen LogP contribution in [0.2, 0.25) is 5.02 Å². The fourth-order valence-corrected chi connectivity index (χ4v) is 6.47. The minimum absolute atomic E-state index is 0. The van der Waals surface area contributed by atoms with Crippen LogP contribution < -0.4 is 34.7 Å². The Bertz CT molecular complexity index is 1530. The second kappa shape index (κ2) is 15.6. The van der Waals surface area contributed by atoms with Crippen molar-refractivity contribution in [3.8, 4) is 0 Å². The average molecular weight is 610 g/mol. The molecule has 0 amide bonds. The number of carbonyl (C=O) groups excluding carboxylic acids is 1. The van der Waals surface area contributed by atoms with Crippen LogP contribution in [0.15, 0.2) is 78.9 Å². The molecule has 0 aliphatic heterocycles. The first-order valence-electron chi connectivity index (χ1n) is 14.0. The van der Waals surface area contributed by atoms with Crippen LogP contribution >= 0.6 is 23.4 Å². The molecule has 0 radical (unpaired) electrons. The SMILES string of the molecule is CC(CS[C@H](CCc1ccccc1C(C)(C)O)c1cccc(C=Cc2ccc3ccc(Cl)cc3n2)c1)C(C)C(=O)[O-].[Na+]. The summed E-state index contributed by atoms with van der Waals surface area (Å²) >= 11 is 7.94. The Morgan fingerprint density at radius 1 is 1.02 bits per heavy atom. The molecule has 0 aliphatic rings. The van der Waals surface area contributed by atoms with Gasteiger partial charge in [0.2, 0.25) is 0 Å². The van der Waals surface area contributed by atoms with Crippen LogP contribution in [0.1, 0.15) is 67.3 Å². The molecule has 4 rings (SSSR count). The second-order valence-electron chi connectivity index (χ2n) is 11.2. The van der Waals surface area contributed by atoms with E-state index in [0.717, 1.165) is 46.1 Å². The van der Waals surface area contributed by atoms with Crippen molar-refractivity contribution in [2.24, 2.45) is 11.8 Å². The molecule has 214 valence electrons. The summed E-state index contributed by atoms with van der Waals surface area (Å²) in [5.41, 5.74) is 5.09. The summed E-state index contributed by atoms with van der Waals surface area (Å²) in [6.45, 7) is 7.32. The normalized spacial score (nSPS) is 14.0. The molecule has 1 N–H and O–H groups in total. The number of thioether (sulfide) groups is 1. The van der Waals surface area contributed by atoms with Gasteiger partial charge in [0.15, 0.2) is 0 Å². The number of halogens is 1. The van der Waals surface area contributed by atoms with E-state index in [1.54, 1.807) is 18.7 Å². The van der Waals surface area contributed by atoms with Crippen LogP contribution in [0, 0.1) is 11.8 Å². The van der Waals surface area contributed by atoms with Crippen molar-refractivity contribution in [2.75, 3.05) is 5.75 Å². The number of carbonyl (C=O) groups is 1. The van der Waals surface area contributed by atoms with Gasteiger partial charge in [-0.1, -0.05) is 92.2 Å². The molecule has 0 fully saturated rings. The third kappa shape index (κ3) is 9.44. The molecule has 1 aromatic heterocycles. The summed E-state index contributed by atoms with van der Waals surface area (Å²) in [5, 5.41) is 24.0. The second-order valence-corrected chi connectivity index (χ2v) is 12.9. The summed E-state index contributed by atoms with van der Waals surface area (Å²) in [6.07, 6.45) is 5.72. The van der Waals surface area contributed by atoms with Crippen molar-refractivity contribution in [3.63, 3.8) is 0 Å². The van der Waals surface area contributed by atoms with Crippen molar-refractivity contribution >= 4 is 52.4 Å². The van der Waals surface area contributed by atoms with Gasteiger partial charge >= 0.3 is 29.6 Å². The average Bonchev–Trinajstić information content (AvgIpc) is 2.95. The number of pyridine rings is 1. The van der Waals surface area contributed by atoms with Crippen molar-refractivity contribution in [1.82, 2.24) is 4.98 Å². The van der Waals surface area contributed by atoms with Gasteiger partial charge in [0.05, 0.1) is 16.8 Å². The first kappa shape index (κ1) is 34.4. The molecular formula is C35H37ClNNaO3S. The van der Waals surface area contributed by atoms with E-state index in [4.69, 9.17) is 16.6 Å². The summed E-state index contributed by atoms with van der Waals surface area (Å²) in [7, 11) is 0. The van der Waals surface area contributed by atoms with E-state index in [9.17, 15) is 15.0 Å². The van der Waals surface area contributed by atoms with E-state index >= 15 is 0 Å². The Kier molecular flexibility index (Phi) is 12.7. The van der Waals surface area contributed by atoms with Gasteiger partial charge in [-0.2, -0.15) is 11.8 Å². The number of rotatable bonds is 12. The molecule has 0 saturated heterocycles. The van der Waals surface area contributed by atoms with E-state index in [2.05, 4.69) is 36.4 Å². The van der Waals surface area contributed by atoms with Gasteiger partial charge in [0, 0.05) is 21.6 Å². The minimum Gasteiger partial charge on any atom is -0.550 e. The Morgan fingerprint density at radius 3 is 2.50 bits per heavy atom. The van der Waals surface area contributed by atoms with E-state index in [1.807, 2.05) is 75.4 Å². The number of hydrogen-bond donors (Lipinski definition) is 1. The monoisotopic (exact) mass is 609 g/mol. The third-order valence-electron chi connectivity index (χ3n) is 7.54. The standard InChI is InChI=1S/C35H38ClNO3S.Na/c1-23(24(2)34(38)39)22-41-33(19-15-26-9-5-6-11-31(26)35(3,4)40)28-10-7-8-25(20-28)12-17-30-18-14-27-13-16-29(36)21-32(27)37-30;/h5-14,16-18,20-21,23-24,33,40H,15,19,22H2,1-4H3,(H,38,39);/q;+1/p-1/t23?,24?,33-;/m1./s1. The molecule has 42 heavy (non-hydrogen) atoms. The summed E-state index contributed by atoms with van der Waals surface area (Å²) in [6, 6.07) is 26.3. The fraction of sp³-hybridized carbons (Fsp3) is 0.314. The molecule has 0 bridgehead atoms. The third-order valence-corrected chi connectivity index (χ3v) is 9.41. The predicted octanol–water partition coefficient (Wildman–Crippen LogP) is 4.72. The van der Waals surface area contributed by atoms with Gasteiger partial charge in [-0.15, -0.1) is 0 Å². The molecule has 4 aromatic rings. The number of nitrogens with zero attached hydrogens (tertiary/aromatic N) is 1. The molecule has 0 spiro atoms. The van der Waals surface area contributed by atoms with Gasteiger partial charge in [0.25, 0.3) is 0 Å². The number of aliphatic carboxylic acids is 1. The van der Waals surface area contributed by atoms with Gasteiger partial charge in [-0.05, 0) is 90.8 Å². The first-order valence-corrected chi connectivity index (χ1v) is 15.4. The summed E-state index contributed by atoms with van der Waals surface area (Å²) in [4.78, 5) is 16.2. The Morgan fingerprint density at radius 2 is 1.76 bits per heavy atom. The van der Waals surface area contributed by atoms with Crippen LogP contribution in [0.3, 0.4) is 0 Å². The van der Waals surface area contributed by atoms with E-state index < -0.39 is 17.5 Å². The van der Waals surface area contributed by atoms with Crippen molar-refractivity contribution in [3.05, 3.63) is 112 Å². The fourth-order valence-electron chi connectivity index (χ4n) is 4.86. The van der Waals surface area contributed by atoms with Crippen LogP contribution in [0.4, 0.5) is 0 Å². The number of aliphatic hydroxyl groups is 1. The first-order chi connectivity index (χ1) is 19.5. The Labute approximate surface area is 280 Å². The molecule has 0 saturated carbocycles.